The average Bonchev–Trinajstić information content (AvgIpc) is 2.36. The molecule has 0 saturated carbocycles. The predicted molar refractivity (Wildman–Crippen MR) is 64.3 cm³/mol. The van der Waals surface area contributed by atoms with E-state index in [-0.39, 0.29) is 0 Å². The van der Waals surface area contributed by atoms with Crippen LogP contribution in [-0.2, 0) is 0 Å². The molecular formula is C13H11Br. The van der Waals surface area contributed by atoms with Crippen LogP contribution in [0.15, 0.2) is 36.4 Å². The average molecular weight is 247 g/mol. The first kappa shape index (κ1) is 8.49. The van der Waals surface area contributed by atoms with Crippen molar-refractivity contribution in [2.45, 2.75) is 17.7 Å². The molecule has 0 heterocycles. The topological polar surface area (TPSA) is 0 Å². The molecule has 70 valence electrons. The molecule has 1 unspecified atom stereocenters. The summed E-state index contributed by atoms with van der Waals surface area (Å²) < 4.78 is 0. The molecule has 1 atom stereocenters. The molecule has 3 rings (SSSR count). The Bertz CT molecular complexity index is 440. The molecule has 0 aliphatic heterocycles. The summed E-state index contributed by atoms with van der Waals surface area (Å²) in [5, 5.41) is 0. The SMILES string of the molecule is BrC1C=C2C(=CCC1)c1ccccc12. The van der Waals surface area contributed by atoms with Crippen LogP contribution in [-0.4, -0.2) is 4.83 Å². The molecular weight excluding hydrogens is 236 g/mol. The van der Waals surface area contributed by atoms with Gasteiger partial charge in [0.25, 0.3) is 0 Å². The van der Waals surface area contributed by atoms with Crippen LogP contribution in [0.4, 0.5) is 0 Å². The Hall–Kier alpha value is -0.820. The number of alkyl halides is 1. The highest BCUT2D eigenvalue weighted by molar-refractivity contribution is 9.09. The molecule has 2 aliphatic rings. The Balaban J connectivity index is 2.17. The van der Waals surface area contributed by atoms with Crippen molar-refractivity contribution in [3.63, 3.8) is 0 Å². The zero-order valence-corrected chi connectivity index (χ0v) is 9.42. The number of allylic oxidation sites excluding steroid dienone is 4. The van der Waals surface area contributed by atoms with Gasteiger partial charge in [0.15, 0.2) is 0 Å². The molecule has 1 heteroatoms. The number of rotatable bonds is 0. The maximum absolute atomic E-state index is 3.68. The highest BCUT2D eigenvalue weighted by atomic mass is 79.9. The van der Waals surface area contributed by atoms with E-state index in [4.69, 9.17) is 0 Å². The van der Waals surface area contributed by atoms with Gasteiger partial charge in [-0.3, -0.25) is 0 Å². The van der Waals surface area contributed by atoms with Crippen LogP contribution < -0.4 is 0 Å². The highest BCUT2D eigenvalue weighted by Gasteiger charge is 2.26. The van der Waals surface area contributed by atoms with Crippen LogP contribution >= 0.6 is 15.9 Å². The van der Waals surface area contributed by atoms with E-state index in [9.17, 15) is 0 Å². The van der Waals surface area contributed by atoms with Crippen molar-refractivity contribution in [1.29, 1.82) is 0 Å². The largest absolute Gasteiger partial charge is 0.0845 e. The summed E-state index contributed by atoms with van der Waals surface area (Å²) >= 11 is 3.68. The van der Waals surface area contributed by atoms with Crippen LogP contribution in [0, 0.1) is 0 Å². The first-order valence-electron chi connectivity index (χ1n) is 5.02. The first-order chi connectivity index (χ1) is 6.86. The fourth-order valence-electron chi connectivity index (χ4n) is 2.23. The number of hydrogen-bond donors (Lipinski definition) is 0. The summed E-state index contributed by atoms with van der Waals surface area (Å²) in [5.41, 5.74) is 5.76. The minimum atomic E-state index is 0.541. The molecule has 0 N–H and O–H groups in total. The van der Waals surface area contributed by atoms with Gasteiger partial charge in [-0.2, -0.15) is 0 Å². The van der Waals surface area contributed by atoms with Crippen LogP contribution in [0.2, 0.25) is 0 Å². The zero-order chi connectivity index (χ0) is 9.54. The molecule has 0 aromatic heterocycles. The van der Waals surface area contributed by atoms with E-state index in [0.717, 1.165) is 0 Å². The number of halogens is 1. The highest BCUT2D eigenvalue weighted by Crippen LogP contribution is 2.47. The van der Waals surface area contributed by atoms with Crippen molar-refractivity contribution in [2.24, 2.45) is 0 Å². The lowest BCUT2D eigenvalue weighted by molar-refractivity contribution is 0.902. The maximum Gasteiger partial charge on any atom is 0.0337 e. The van der Waals surface area contributed by atoms with Gasteiger partial charge in [-0.15, -0.1) is 0 Å². The van der Waals surface area contributed by atoms with E-state index in [1.165, 1.54) is 35.1 Å². The molecule has 0 nitrogen and oxygen atoms in total. The van der Waals surface area contributed by atoms with Crippen molar-refractivity contribution >= 4 is 27.1 Å². The molecule has 1 aromatic rings. The second kappa shape index (κ2) is 3.09. The van der Waals surface area contributed by atoms with Crippen molar-refractivity contribution in [1.82, 2.24) is 0 Å². The van der Waals surface area contributed by atoms with Crippen molar-refractivity contribution in [2.75, 3.05) is 0 Å². The third kappa shape index (κ3) is 1.12. The van der Waals surface area contributed by atoms with Crippen molar-refractivity contribution in [3.8, 4) is 0 Å². The Kier molecular flexibility index (Phi) is 1.88. The summed E-state index contributed by atoms with van der Waals surface area (Å²) in [4.78, 5) is 0.541. The van der Waals surface area contributed by atoms with Gasteiger partial charge in [0.05, 0.1) is 0 Å². The van der Waals surface area contributed by atoms with Crippen LogP contribution in [0.5, 0.6) is 0 Å². The lowest BCUT2D eigenvalue weighted by Crippen LogP contribution is -2.06. The summed E-state index contributed by atoms with van der Waals surface area (Å²) in [5.74, 6) is 0. The smallest absolute Gasteiger partial charge is 0.0337 e. The molecule has 0 amide bonds. The van der Waals surface area contributed by atoms with E-state index in [2.05, 4.69) is 52.3 Å². The van der Waals surface area contributed by atoms with Crippen LogP contribution in [0.3, 0.4) is 0 Å². The third-order valence-electron chi connectivity index (χ3n) is 2.94. The summed E-state index contributed by atoms with van der Waals surface area (Å²) in [6.45, 7) is 0. The van der Waals surface area contributed by atoms with Crippen LogP contribution in [0.1, 0.15) is 24.0 Å². The monoisotopic (exact) mass is 246 g/mol. The van der Waals surface area contributed by atoms with Gasteiger partial charge in [0.2, 0.25) is 0 Å². The van der Waals surface area contributed by atoms with Gasteiger partial charge in [-0.05, 0) is 35.1 Å². The van der Waals surface area contributed by atoms with Crippen molar-refractivity contribution < 1.29 is 0 Å². The minimum absolute atomic E-state index is 0.541. The second-order valence-corrected chi connectivity index (χ2v) is 5.01. The van der Waals surface area contributed by atoms with Crippen LogP contribution in [0.25, 0.3) is 11.1 Å². The fourth-order valence-corrected chi connectivity index (χ4v) is 2.76. The standard InChI is InChI=1S/C13H11Br/c14-9-4-3-7-12-10-5-1-2-6-11(10)13(12)8-9/h1-2,5-9H,3-4H2. The molecule has 0 bridgehead atoms. The van der Waals surface area contributed by atoms with Crippen molar-refractivity contribution in [3.05, 3.63) is 47.5 Å². The Morgan fingerprint density at radius 3 is 2.57 bits per heavy atom. The molecule has 0 saturated heterocycles. The summed E-state index contributed by atoms with van der Waals surface area (Å²) in [6, 6.07) is 8.66. The van der Waals surface area contributed by atoms with E-state index >= 15 is 0 Å². The van der Waals surface area contributed by atoms with Gasteiger partial charge in [0, 0.05) is 4.83 Å². The summed E-state index contributed by atoms with van der Waals surface area (Å²) in [7, 11) is 0. The molecule has 0 spiro atoms. The van der Waals surface area contributed by atoms with E-state index in [0.29, 0.717) is 4.83 Å². The molecule has 14 heavy (non-hydrogen) atoms. The van der Waals surface area contributed by atoms with E-state index < -0.39 is 0 Å². The van der Waals surface area contributed by atoms with Gasteiger partial charge >= 0.3 is 0 Å². The minimum Gasteiger partial charge on any atom is -0.0845 e. The van der Waals surface area contributed by atoms with Gasteiger partial charge in [-0.1, -0.05) is 52.3 Å². The third-order valence-corrected chi connectivity index (χ3v) is 3.66. The maximum atomic E-state index is 3.68. The fraction of sp³-hybridized carbons (Fsp3) is 0.231. The van der Waals surface area contributed by atoms with Gasteiger partial charge in [-0.25, -0.2) is 0 Å². The van der Waals surface area contributed by atoms with Gasteiger partial charge < -0.3 is 0 Å². The lowest BCUT2D eigenvalue weighted by atomic mass is 9.78. The molecule has 1 aromatic carbocycles. The summed E-state index contributed by atoms with van der Waals surface area (Å²) in [6.07, 6.45) is 7.11. The zero-order valence-electron chi connectivity index (χ0n) is 7.83. The molecule has 0 radical (unpaired) electrons. The molecule has 0 fully saturated rings. The Morgan fingerprint density at radius 2 is 1.79 bits per heavy atom. The number of hydrogen-bond acceptors (Lipinski definition) is 0. The Labute approximate surface area is 92.5 Å². The number of benzene rings is 1. The predicted octanol–water partition coefficient (Wildman–Crippen LogP) is 4.02. The normalized spacial score (nSPS) is 23.6. The van der Waals surface area contributed by atoms with E-state index in [1.54, 1.807) is 0 Å². The Morgan fingerprint density at radius 1 is 1.07 bits per heavy atom. The quantitative estimate of drug-likeness (QED) is 0.607. The first-order valence-corrected chi connectivity index (χ1v) is 5.94. The van der Waals surface area contributed by atoms with E-state index in [1.807, 2.05) is 0 Å². The molecule has 2 aliphatic carbocycles. The lowest BCUT2D eigenvalue weighted by Gasteiger charge is -2.26. The van der Waals surface area contributed by atoms with Gasteiger partial charge in [0.1, 0.15) is 0 Å². The number of fused-ring (bicyclic) bond motifs is 4. The second-order valence-electron chi connectivity index (χ2n) is 3.84.